The Kier molecular flexibility index (Phi) is 2.81. The molecule has 20 heavy (non-hydrogen) atoms. The van der Waals surface area contributed by atoms with Crippen LogP contribution in [0.1, 0.15) is 46.5 Å². The van der Waals surface area contributed by atoms with Gasteiger partial charge in [-0.05, 0) is 38.0 Å². The molecule has 0 aromatic carbocycles. The van der Waals surface area contributed by atoms with Crippen molar-refractivity contribution < 1.29 is 24.4 Å². The molecule has 8 atom stereocenters. The minimum Gasteiger partial charge on any atom is -0.368 e. The van der Waals surface area contributed by atoms with Crippen molar-refractivity contribution in [1.29, 1.82) is 0 Å². The summed E-state index contributed by atoms with van der Waals surface area (Å²) in [5, 5.41) is 10.2. The van der Waals surface area contributed by atoms with Gasteiger partial charge in [-0.2, -0.15) is 0 Å². The van der Waals surface area contributed by atoms with Gasteiger partial charge >= 0.3 is 0 Å². The summed E-state index contributed by atoms with van der Waals surface area (Å²) < 4.78 is 11.9. The van der Waals surface area contributed by atoms with Crippen LogP contribution in [0.25, 0.3) is 0 Å². The summed E-state index contributed by atoms with van der Waals surface area (Å²) in [4.78, 5) is 11.6. The van der Waals surface area contributed by atoms with Crippen LogP contribution in [0.2, 0.25) is 0 Å². The molecule has 0 radical (unpaired) electrons. The number of aliphatic hydroxyl groups excluding tert-OH is 1. The fraction of sp³-hybridized carbons (Fsp3) is 1.00. The van der Waals surface area contributed by atoms with Crippen LogP contribution in [0.5, 0.6) is 0 Å². The van der Waals surface area contributed by atoms with Gasteiger partial charge < -0.3 is 14.6 Å². The highest BCUT2D eigenvalue weighted by atomic mass is 17.3. The van der Waals surface area contributed by atoms with Gasteiger partial charge in [0.25, 0.3) is 0 Å². The first kappa shape index (κ1) is 13.5. The van der Waals surface area contributed by atoms with Crippen molar-refractivity contribution in [3.8, 4) is 0 Å². The molecular weight excluding hydrogens is 260 g/mol. The van der Waals surface area contributed by atoms with Crippen molar-refractivity contribution in [2.24, 2.45) is 23.7 Å². The Balaban J connectivity index is 1.82. The molecule has 6 unspecified atom stereocenters. The van der Waals surface area contributed by atoms with Gasteiger partial charge in [0.15, 0.2) is 18.2 Å². The molecule has 4 saturated heterocycles. The maximum Gasteiger partial charge on any atom is 0.201 e. The van der Waals surface area contributed by atoms with E-state index in [1.165, 1.54) is 6.42 Å². The Morgan fingerprint density at radius 1 is 1.05 bits per heavy atom. The van der Waals surface area contributed by atoms with E-state index in [4.69, 9.17) is 19.2 Å². The Morgan fingerprint density at radius 2 is 1.85 bits per heavy atom. The van der Waals surface area contributed by atoms with Crippen molar-refractivity contribution in [2.75, 3.05) is 0 Å². The van der Waals surface area contributed by atoms with Crippen molar-refractivity contribution in [1.82, 2.24) is 0 Å². The van der Waals surface area contributed by atoms with E-state index >= 15 is 0 Å². The second-order valence-electron chi connectivity index (χ2n) is 7.30. The lowest BCUT2D eigenvalue weighted by atomic mass is 9.58. The van der Waals surface area contributed by atoms with Gasteiger partial charge in [0, 0.05) is 18.3 Å². The van der Waals surface area contributed by atoms with E-state index in [9.17, 15) is 5.11 Å². The summed E-state index contributed by atoms with van der Waals surface area (Å²) in [7, 11) is 0. The van der Waals surface area contributed by atoms with E-state index in [0.717, 1.165) is 19.3 Å². The lowest BCUT2D eigenvalue weighted by Gasteiger charge is -2.59. The van der Waals surface area contributed by atoms with Crippen molar-refractivity contribution >= 4 is 0 Å². The van der Waals surface area contributed by atoms with Gasteiger partial charge in [0.05, 0.1) is 0 Å². The SMILES string of the molecule is CC1C(O)OC2OC3(C)CCC4[C@H](C)CCC1[C@@]24OO3. The van der Waals surface area contributed by atoms with E-state index in [0.29, 0.717) is 11.8 Å². The number of hydrogen-bond acceptors (Lipinski definition) is 5. The minimum absolute atomic E-state index is 0.0379. The molecule has 5 nitrogen and oxygen atoms in total. The predicted molar refractivity (Wildman–Crippen MR) is 69.0 cm³/mol. The van der Waals surface area contributed by atoms with E-state index in [1.807, 2.05) is 13.8 Å². The monoisotopic (exact) mass is 284 g/mol. The molecule has 5 fully saturated rings. The fourth-order valence-electron chi connectivity index (χ4n) is 4.89. The first-order valence-electron chi connectivity index (χ1n) is 7.84. The van der Waals surface area contributed by atoms with Crippen LogP contribution in [-0.4, -0.2) is 29.1 Å². The molecule has 4 heterocycles. The van der Waals surface area contributed by atoms with E-state index in [1.54, 1.807) is 0 Å². The van der Waals surface area contributed by atoms with Crippen LogP contribution in [0, 0.1) is 23.7 Å². The van der Waals surface area contributed by atoms with Crippen LogP contribution in [-0.2, 0) is 19.2 Å². The summed E-state index contributed by atoms with van der Waals surface area (Å²) in [5.74, 6) is 0.437. The molecule has 0 amide bonds. The number of aliphatic hydroxyl groups is 1. The molecule has 5 heteroatoms. The number of rotatable bonds is 0. The number of hydrogen-bond donors (Lipinski definition) is 1. The van der Waals surface area contributed by atoms with Crippen LogP contribution in [0.4, 0.5) is 0 Å². The first-order valence-corrected chi connectivity index (χ1v) is 7.84. The minimum atomic E-state index is -0.781. The van der Waals surface area contributed by atoms with Crippen molar-refractivity contribution in [3.63, 3.8) is 0 Å². The van der Waals surface area contributed by atoms with Gasteiger partial charge in [-0.3, -0.25) is 0 Å². The highest BCUT2D eigenvalue weighted by Gasteiger charge is 2.69. The van der Waals surface area contributed by atoms with Crippen LogP contribution >= 0.6 is 0 Å². The normalized spacial score (nSPS) is 61.8. The van der Waals surface area contributed by atoms with Crippen LogP contribution in [0.3, 0.4) is 0 Å². The Labute approximate surface area is 119 Å². The van der Waals surface area contributed by atoms with E-state index < -0.39 is 24.0 Å². The second kappa shape index (κ2) is 4.17. The lowest BCUT2D eigenvalue weighted by Crippen LogP contribution is -2.70. The first-order chi connectivity index (χ1) is 9.46. The van der Waals surface area contributed by atoms with Crippen molar-refractivity contribution in [3.05, 3.63) is 0 Å². The highest BCUT2D eigenvalue weighted by Crippen LogP contribution is 2.60. The average molecular weight is 284 g/mol. The molecule has 4 aliphatic heterocycles. The largest absolute Gasteiger partial charge is 0.368 e. The third-order valence-corrected chi connectivity index (χ3v) is 6.12. The van der Waals surface area contributed by atoms with Crippen molar-refractivity contribution in [2.45, 2.75) is 70.4 Å². The molecule has 1 aliphatic carbocycles. The molecule has 1 N–H and O–H groups in total. The molecule has 0 aromatic heterocycles. The maximum atomic E-state index is 10.2. The van der Waals surface area contributed by atoms with Crippen LogP contribution in [0.15, 0.2) is 0 Å². The third kappa shape index (κ3) is 1.56. The second-order valence-corrected chi connectivity index (χ2v) is 7.30. The topological polar surface area (TPSA) is 57.2 Å². The summed E-state index contributed by atoms with van der Waals surface area (Å²) in [6.45, 7) is 6.22. The van der Waals surface area contributed by atoms with E-state index in [-0.39, 0.29) is 11.8 Å². The van der Waals surface area contributed by atoms with Gasteiger partial charge in [-0.1, -0.05) is 13.8 Å². The predicted octanol–water partition coefficient (Wildman–Crippen LogP) is 2.19. The summed E-state index contributed by atoms with van der Waals surface area (Å²) in [5.41, 5.74) is -0.549. The lowest BCUT2D eigenvalue weighted by molar-refractivity contribution is -0.576. The van der Waals surface area contributed by atoms with Gasteiger partial charge in [-0.15, -0.1) is 0 Å². The standard InChI is InChI=1S/C15H24O5/c1-8-4-5-11-9(2)12(16)17-13-15(11)10(8)6-7-14(3,18-13)19-20-15/h8-13,16H,4-7H2,1-3H3/t8-,9?,10?,11?,12?,13?,14?,15-/m1/s1. The van der Waals surface area contributed by atoms with Gasteiger partial charge in [0.2, 0.25) is 5.79 Å². The Morgan fingerprint density at radius 3 is 2.65 bits per heavy atom. The Hall–Kier alpha value is -0.200. The number of fused-ring (bicyclic) bond motifs is 2. The zero-order valence-electron chi connectivity index (χ0n) is 12.4. The molecular formula is C15H24O5. The zero-order chi connectivity index (χ0) is 14.1. The van der Waals surface area contributed by atoms with Gasteiger partial charge in [-0.25, -0.2) is 9.78 Å². The Bertz CT molecular complexity index is 411. The molecule has 0 aromatic rings. The molecule has 5 rings (SSSR count). The molecule has 1 saturated carbocycles. The zero-order valence-corrected chi connectivity index (χ0v) is 12.4. The molecule has 1 spiro atoms. The summed E-state index contributed by atoms with van der Waals surface area (Å²) in [6, 6.07) is 0. The molecule has 5 aliphatic rings. The number of ether oxygens (including phenoxy) is 2. The average Bonchev–Trinajstić information content (AvgIpc) is 2.63. The quantitative estimate of drug-likeness (QED) is 0.691. The maximum absolute atomic E-state index is 10.2. The third-order valence-electron chi connectivity index (χ3n) is 6.12. The molecule has 114 valence electrons. The fourth-order valence-corrected chi connectivity index (χ4v) is 4.89. The highest BCUT2D eigenvalue weighted by molar-refractivity contribution is 5.08. The molecule has 2 bridgehead atoms. The van der Waals surface area contributed by atoms with E-state index in [2.05, 4.69) is 6.92 Å². The summed E-state index contributed by atoms with van der Waals surface area (Å²) >= 11 is 0. The smallest absolute Gasteiger partial charge is 0.201 e. The van der Waals surface area contributed by atoms with Gasteiger partial charge in [0.1, 0.15) is 0 Å². The summed E-state index contributed by atoms with van der Waals surface area (Å²) in [6.07, 6.45) is 2.72. The van der Waals surface area contributed by atoms with Crippen LogP contribution < -0.4 is 0 Å².